The molecule has 1 heterocycles. The first-order valence-electron chi connectivity index (χ1n) is 7.57. The lowest BCUT2D eigenvalue weighted by Gasteiger charge is -2.29. The van der Waals surface area contributed by atoms with Crippen LogP contribution in [0.25, 0.3) is 11.0 Å². The molecular formula is C15H19ClN4O2. The van der Waals surface area contributed by atoms with Crippen LogP contribution in [0.4, 0.5) is 0 Å². The summed E-state index contributed by atoms with van der Waals surface area (Å²) in [5.74, 6) is 0.383. The summed E-state index contributed by atoms with van der Waals surface area (Å²) in [6.45, 7) is 2.09. The van der Waals surface area contributed by atoms with Gasteiger partial charge in [0.05, 0.1) is 0 Å². The van der Waals surface area contributed by atoms with Crippen LogP contribution in [0.3, 0.4) is 0 Å². The fourth-order valence-electron chi connectivity index (χ4n) is 2.87. The van der Waals surface area contributed by atoms with Crippen LogP contribution < -0.4 is 10.2 Å². The van der Waals surface area contributed by atoms with Crippen LogP contribution in [0.2, 0.25) is 5.02 Å². The van der Waals surface area contributed by atoms with Gasteiger partial charge >= 0.3 is 0 Å². The van der Waals surface area contributed by atoms with Crippen LogP contribution in [0.15, 0.2) is 18.2 Å². The molecule has 1 N–H and O–H groups in total. The molecule has 1 aliphatic carbocycles. The molecule has 0 unspecified atom stereocenters. The van der Waals surface area contributed by atoms with Crippen molar-refractivity contribution in [2.45, 2.75) is 38.6 Å². The summed E-state index contributed by atoms with van der Waals surface area (Å²) in [5.41, 5.74) is 1.32. The van der Waals surface area contributed by atoms with E-state index in [1.54, 1.807) is 18.2 Å². The van der Waals surface area contributed by atoms with Gasteiger partial charge in [-0.15, -0.1) is 5.10 Å². The van der Waals surface area contributed by atoms with E-state index in [1.807, 2.05) is 0 Å². The molecule has 0 bridgehead atoms. The summed E-state index contributed by atoms with van der Waals surface area (Å²) in [5, 5.41) is 11.4. The summed E-state index contributed by atoms with van der Waals surface area (Å²) in [7, 11) is 0. The Morgan fingerprint density at radius 3 is 3.09 bits per heavy atom. The van der Waals surface area contributed by atoms with Crippen LogP contribution >= 0.6 is 11.6 Å². The molecule has 3 rings (SSSR count). The topological polar surface area (TPSA) is 69.0 Å². The quantitative estimate of drug-likeness (QED) is 0.937. The molecular weight excluding hydrogens is 304 g/mol. The molecule has 7 heteroatoms. The highest BCUT2D eigenvalue weighted by molar-refractivity contribution is 6.31. The van der Waals surface area contributed by atoms with E-state index in [0.29, 0.717) is 22.0 Å². The molecule has 6 nitrogen and oxygen atoms in total. The molecule has 1 aliphatic rings. The van der Waals surface area contributed by atoms with Crippen molar-refractivity contribution in [3.8, 4) is 0 Å². The number of carbonyl (C=O) groups excluding carboxylic acids is 1. The van der Waals surface area contributed by atoms with Crippen LogP contribution in [0.5, 0.6) is 0 Å². The Morgan fingerprint density at radius 2 is 2.27 bits per heavy atom. The van der Waals surface area contributed by atoms with Crippen LogP contribution in [-0.4, -0.2) is 33.7 Å². The van der Waals surface area contributed by atoms with E-state index in [1.165, 1.54) is 17.7 Å². The van der Waals surface area contributed by atoms with Gasteiger partial charge in [-0.05, 0) is 42.2 Å². The molecule has 1 aromatic carbocycles. The van der Waals surface area contributed by atoms with Crippen molar-refractivity contribution in [2.75, 3.05) is 6.61 Å². The number of rotatable bonds is 4. The minimum atomic E-state index is -0.135. The zero-order valence-electron chi connectivity index (χ0n) is 12.5. The van der Waals surface area contributed by atoms with Crippen molar-refractivity contribution in [1.82, 2.24) is 20.5 Å². The van der Waals surface area contributed by atoms with Gasteiger partial charge in [-0.25, -0.2) is 0 Å². The van der Waals surface area contributed by atoms with Crippen LogP contribution in [0, 0.1) is 5.92 Å². The lowest BCUT2D eigenvalue weighted by Crippen LogP contribution is -2.43. The Labute approximate surface area is 133 Å². The first kappa shape index (κ1) is 15.1. The smallest absolute Gasteiger partial charge is 0.261 e. The Hall–Kier alpha value is -1.82. The minimum Gasteiger partial charge on any atom is -0.385 e. The number of fused-ring (bicyclic) bond motifs is 1. The number of benzene rings is 1. The monoisotopic (exact) mass is 322 g/mol. The molecule has 118 valence electrons. The maximum atomic E-state index is 12.0. The van der Waals surface area contributed by atoms with Crippen LogP contribution in [0.1, 0.15) is 32.6 Å². The van der Waals surface area contributed by atoms with E-state index in [2.05, 4.69) is 22.6 Å². The highest BCUT2D eigenvalue weighted by atomic mass is 35.5. The molecule has 2 atom stereocenters. The number of hydrogen-bond acceptors (Lipinski definition) is 4. The van der Waals surface area contributed by atoms with Crippen molar-refractivity contribution >= 4 is 28.5 Å². The molecule has 2 aromatic rings. The van der Waals surface area contributed by atoms with Gasteiger partial charge in [0.25, 0.3) is 5.91 Å². The van der Waals surface area contributed by atoms with Crippen LogP contribution in [-0.2, 0) is 4.79 Å². The van der Waals surface area contributed by atoms with Gasteiger partial charge in [-0.2, -0.15) is 0 Å². The van der Waals surface area contributed by atoms with E-state index < -0.39 is 0 Å². The van der Waals surface area contributed by atoms with Crippen molar-refractivity contribution in [1.29, 1.82) is 0 Å². The number of carbonyl (C=O) groups is 1. The number of hydrogen-bond donors (Lipinski definition) is 1. The molecule has 1 saturated carbocycles. The number of aromatic nitrogens is 3. The van der Waals surface area contributed by atoms with E-state index >= 15 is 0 Å². The number of nitrogens with one attached hydrogen (secondary N) is 1. The predicted molar refractivity (Wildman–Crippen MR) is 83.5 cm³/mol. The highest BCUT2D eigenvalue weighted by Gasteiger charge is 2.23. The molecule has 1 aromatic heterocycles. The summed E-state index contributed by atoms with van der Waals surface area (Å²) >= 11 is 5.95. The number of amides is 1. The second-order valence-corrected chi connectivity index (χ2v) is 6.24. The van der Waals surface area contributed by atoms with E-state index in [-0.39, 0.29) is 18.6 Å². The van der Waals surface area contributed by atoms with E-state index in [0.717, 1.165) is 12.8 Å². The first-order valence-corrected chi connectivity index (χ1v) is 7.95. The molecule has 0 radical (unpaired) electrons. The largest absolute Gasteiger partial charge is 0.385 e. The van der Waals surface area contributed by atoms with E-state index in [9.17, 15) is 4.79 Å². The Balaban J connectivity index is 1.59. The Morgan fingerprint density at radius 1 is 1.45 bits per heavy atom. The third-order valence-corrected chi connectivity index (χ3v) is 4.39. The third-order valence-electron chi connectivity index (χ3n) is 4.15. The highest BCUT2D eigenvalue weighted by Crippen LogP contribution is 2.23. The second kappa shape index (κ2) is 6.52. The van der Waals surface area contributed by atoms with Gasteiger partial charge in [-0.3, -0.25) is 4.79 Å². The Kier molecular flexibility index (Phi) is 4.47. The summed E-state index contributed by atoms with van der Waals surface area (Å²) in [6, 6.07) is 5.44. The molecule has 0 saturated heterocycles. The lowest BCUT2D eigenvalue weighted by atomic mass is 9.86. The molecule has 0 spiro atoms. The normalized spacial score (nSPS) is 21.7. The molecule has 22 heavy (non-hydrogen) atoms. The number of nitrogens with zero attached hydrogens (tertiary/aromatic N) is 3. The predicted octanol–water partition coefficient (Wildman–Crippen LogP) is 2.21. The minimum absolute atomic E-state index is 0.0891. The van der Waals surface area contributed by atoms with Crippen molar-refractivity contribution in [3.05, 3.63) is 23.2 Å². The van der Waals surface area contributed by atoms with Gasteiger partial charge in [0.15, 0.2) is 6.61 Å². The summed E-state index contributed by atoms with van der Waals surface area (Å²) < 4.78 is 0. The fraction of sp³-hybridized carbons (Fsp3) is 0.533. The van der Waals surface area contributed by atoms with Crippen molar-refractivity contribution in [2.24, 2.45) is 5.92 Å². The average molecular weight is 323 g/mol. The Bertz CT molecular complexity index is 673. The number of halogens is 1. The molecule has 0 aliphatic heterocycles. The van der Waals surface area contributed by atoms with Crippen molar-refractivity contribution in [3.63, 3.8) is 0 Å². The fourth-order valence-corrected chi connectivity index (χ4v) is 3.03. The summed E-state index contributed by atoms with van der Waals surface area (Å²) in [4.78, 5) is 18.7. The lowest BCUT2D eigenvalue weighted by molar-refractivity contribution is -0.127. The van der Waals surface area contributed by atoms with E-state index in [4.69, 9.17) is 16.4 Å². The van der Waals surface area contributed by atoms with Gasteiger partial charge < -0.3 is 10.2 Å². The summed E-state index contributed by atoms with van der Waals surface area (Å²) in [6.07, 6.45) is 4.62. The zero-order chi connectivity index (χ0) is 15.5. The maximum Gasteiger partial charge on any atom is 0.261 e. The van der Waals surface area contributed by atoms with Gasteiger partial charge in [0.1, 0.15) is 11.0 Å². The van der Waals surface area contributed by atoms with Gasteiger partial charge in [0, 0.05) is 11.1 Å². The maximum absolute atomic E-state index is 12.0. The molecule has 1 fully saturated rings. The van der Waals surface area contributed by atoms with Gasteiger partial charge in [-0.1, -0.05) is 36.2 Å². The average Bonchev–Trinajstić information content (AvgIpc) is 2.90. The molecule has 1 amide bonds. The zero-order valence-corrected chi connectivity index (χ0v) is 13.2. The second-order valence-electron chi connectivity index (χ2n) is 5.80. The first-order chi connectivity index (χ1) is 10.6. The van der Waals surface area contributed by atoms with Crippen molar-refractivity contribution < 1.29 is 9.63 Å². The third kappa shape index (κ3) is 3.32. The van der Waals surface area contributed by atoms with Gasteiger partial charge in [0.2, 0.25) is 0 Å². The standard InChI is InChI=1S/C15H19ClN4O2/c1-10-4-2-3-5-12(10)17-15(21)9-22-20-14-8-11(16)6-7-13(14)18-19-20/h6-8,10,12H,2-5,9H2,1H3,(H,17,21)/t10-,12-/m1/s1. The SMILES string of the molecule is C[C@@H]1CCCC[C@H]1NC(=O)COn1nnc2ccc(Cl)cc21.